The van der Waals surface area contributed by atoms with Crippen molar-refractivity contribution in [2.75, 3.05) is 0 Å². The van der Waals surface area contributed by atoms with Crippen LogP contribution in [-0.4, -0.2) is 15.0 Å². The van der Waals surface area contributed by atoms with E-state index in [-0.39, 0.29) is 0 Å². The Hall–Kier alpha value is -7.63. The van der Waals surface area contributed by atoms with Crippen molar-refractivity contribution in [2.24, 2.45) is 0 Å². The van der Waals surface area contributed by atoms with Crippen LogP contribution in [0.2, 0.25) is 0 Å². The quantitative estimate of drug-likeness (QED) is 0.170. The molecule has 0 radical (unpaired) electrons. The molecule has 0 aliphatic rings. The van der Waals surface area contributed by atoms with E-state index in [0.717, 1.165) is 43.8 Å². The van der Waals surface area contributed by atoms with Gasteiger partial charge in [-0.15, -0.1) is 0 Å². The number of rotatable bonds is 4. The Morgan fingerprint density at radius 2 is 0.911 bits per heavy atom. The van der Waals surface area contributed by atoms with Crippen molar-refractivity contribution in [1.29, 1.82) is 0 Å². The molecule has 0 saturated carbocycles. The molecule has 3 aromatic heterocycles. The fourth-order valence-electron chi connectivity index (χ4n) is 8.39. The highest BCUT2D eigenvalue weighted by Crippen LogP contribution is 2.41. The van der Waals surface area contributed by atoms with Crippen molar-refractivity contribution in [3.05, 3.63) is 176 Å². The lowest BCUT2D eigenvalue weighted by Crippen LogP contribution is -2.00. The van der Waals surface area contributed by atoms with E-state index in [1.807, 2.05) is 84.9 Å². The van der Waals surface area contributed by atoms with Gasteiger partial charge in [0.15, 0.2) is 17.5 Å². The second kappa shape index (κ2) is 11.9. The predicted molar refractivity (Wildman–Crippen MR) is 229 cm³/mol. The van der Waals surface area contributed by atoms with Crippen molar-refractivity contribution in [3.8, 4) is 45.3 Å². The number of aromatic nitrogens is 3. The smallest absolute Gasteiger partial charge is 0.167 e. The molecule has 0 unspecified atom stereocenters. The van der Waals surface area contributed by atoms with E-state index in [0.29, 0.717) is 57.5 Å². The van der Waals surface area contributed by atoms with Crippen LogP contribution in [0, 0.1) is 0 Å². The minimum Gasteiger partial charge on any atom is -0.456 e. The maximum Gasteiger partial charge on any atom is 0.167 e. The van der Waals surface area contributed by atoms with E-state index in [4.69, 9.17) is 25.2 Å². The van der Waals surface area contributed by atoms with Crippen LogP contribution in [0.3, 0.4) is 0 Å². The minimum absolute atomic E-state index is 0.296. The molecular formula is C51H29N3O2. The van der Waals surface area contributed by atoms with Crippen molar-refractivity contribution in [2.45, 2.75) is 0 Å². The molecule has 0 atom stereocenters. The highest BCUT2D eigenvalue weighted by molar-refractivity contribution is 6.26. The third-order valence-electron chi connectivity index (χ3n) is 11.0. The maximum atomic E-state index is 9.24. The largest absolute Gasteiger partial charge is 0.456 e. The van der Waals surface area contributed by atoms with Crippen LogP contribution < -0.4 is 0 Å². The Kier molecular flexibility index (Phi) is 6.14. The van der Waals surface area contributed by atoms with Crippen LogP contribution in [-0.2, 0) is 0 Å². The molecule has 260 valence electrons. The molecule has 5 heteroatoms. The van der Waals surface area contributed by atoms with Crippen molar-refractivity contribution in [1.82, 2.24) is 15.0 Å². The highest BCUT2D eigenvalue weighted by Gasteiger charge is 2.21. The zero-order valence-corrected chi connectivity index (χ0v) is 29.7. The molecule has 56 heavy (non-hydrogen) atoms. The first-order valence-electron chi connectivity index (χ1n) is 19.6. The molecule has 0 aliphatic carbocycles. The molecule has 0 fully saturated rings. The normalized spacial score (nSPS) is 12.4. The number of furan rings is 2. The van der Waals surface area contributed by atoms with E-state index in [2.05, 4.69) is 72.8 Å². The number of hydrogen-bond acceptors (Lipinski definition) is 5. The molecule has 0 aliphatic heterocycles. The molecule has 12 aromatic rings. The maximum absolute atomic E-state index is 9.24. The van der Waals surface area contributed by atoms with Gasteiger partial charge in [0.05, 0.1) is 8.30 Å². The lowest BCUT2D eigenvalue weighted by atomic mass is 9.92. The highest BCUT2D eigenvalue weighted by atomic mass is 16.3. The molecule has 3 heterocycles. The van der Waals surface area contributed by atoms with Gasteiger partial charge >= 0.3 is 0 Å². The van der Waals surface area contributed by atoms with Crippen LogP contribution in [0.1, 0.15) is 2.74 Å². The van der Waals surface area contributed by atoms with Crippen molar-refractivity contribution >= 4 is 76.2 Å². The molecule has 12 rings (SSSR count). The molecule has 5 nitrogen and oxygen atoms in total. The van der Waals surface area contributed by atoms with Gasteiger partial charge in [0.2, 0.25) is 0 Å². The number of nitrogens with zero attached hydrogens (tertiary/aromatic N) is 3. The van der Waals surface area contributed by atoms with Crippen LogP contribution in [0.4, 0.5) is 0 Å². The molecule has 0 amide bonds. The van der Waals surface area contributed by atoms with E-state index in [1.54, 1.807) is 6.07 Å². The number of para-hydroxylation sites is 2. The van der Waals surface area contributed by atoms with Crippen LogP contribution in [0.5, 0.6) is 0 Å². The second-order valence-electron chi connectivity index (χ2n) is 14.1. The fraction of sp³-hybridized carbons (Fsp3) is 0. The lowest BCUT2D eigenvalue weighted by Gasteiger charge is -2.12. The Labute approximate surface area is 322 Å². The van der Waals surface area contributed by atoms with E-state index in [1.165, 1.54) is 32.3 Å². The van der Waals surface area contributed by atoms with Gasteiger partial charge < -0.3 is 8.83 Å². The van der Waals surface area contributed by atoms with Crippen LogP contribution in [0.15, 0.2) is 185 Å². The van der Waals surface area contributed by atoms with Crippen LogP contribution in [0.25, 0.3) is 121 Å². The molecule has 9 aromatic carbocycles. The summed E-state index contributed by atoms with van der Waals surface area (Å²) in [4.78, 5) is 15.3. The lowest BCUT2D eigenvalue weighted by molar-refractivity contribution is 0.668. The van der Waals surface area contributed by atoms with Crippen molar-refractivity contribution in [3.63, 3.8) is 0 Å². The third kappa shape index (κ3) is 4.64. The summed E-state index contributed by atoms with van der Waals surface area (Å²) in [6.45, 7) is 0. The van der Waals surface area contributed by atoms with E-state index >= 15 is 0 Å². The van der Waals surface area contributed by atoms with Crippen LogP contribution >= 0.6 is 0 Å². The van der Waals surface area contributed by atoms with E-state index in [9.17, 15) is 1.37 Å². The van der Waals surface area contributed by atoms with Gasteiger partial charge in [-0.05, 0) is 79.8 Å². The average Bonchev–Trinajstić information content (AvgIpc) is 3.87. The first kappa shape index (κ1) is 28.8. The zero-order chi connectivity index (χ0) is 38.5. The van der Waals surface area contributed by atoms with Gasteiger partial charge in [0, 0.05) is 32.7 Å². The summed E-state index contributed by atoms with van der Waals surface area (Å²) in [5.74, 6) is 1.42. The molecule has 0 N–H and O–H groups in total. The third-order valence-corrected chi connectivity index (χ3v) is 11.0. The fourth-order valence-corrected chi connectivity index (χ4v) is 8.39. The van der Waals surface area contributed by atoms with Gasteiger partial charge in [-0.3, -0.25) is 0 Å². The summed E-state index contributed by atoms with van der Waals surface area (Å²) in [6.07, 6.45) is 0. The monoisotopic (exact) mass is 717 g/mol. The predicted octanol–water partition coefficient (Wildman–Crippen LogP) is 13.8. The second-order valence-corrected chi connectivity index (χ2v) is 14.1. The Balaban J connectivity index is 1.09. The summed E-state index contributed by atoms with van der Waals surface area (Å²) in [5.41, 5.74) is 6.50. The van der Waals surface area contributed by atoms with Gasteiger partial charge in [-0.2, -0.15) is 0 Å². The topological polar surface area (TPSA) is 65.0 Å². The number of benzene rings is 9. The van der Waals surface area contributed by atoms with Gasteiger partial charge in [-0.1, -0.05) is 140 Å². The molecule has 0 spiro atoms. The summed E-state index contributed by atoms with van der Waals surface area (Å²) in [6, 6.07) is 55.6. The summed E-state index contributed by atoms with van der Waals surface area (Å²) in [7, 11) is 0. The first-order valence-corrected chi connectivity index (χ1v) is 18.6. The van der Waals surface area contributed by atoms with Gasteiger partial charge in [0.1, 0.15) is 22.3 Å². The van der Waals surface area contributed by atoms with Crippen molar-refractivity contribution < 1.29 is 11.6 Å². The van der Waals surface area contributed by atoms with E-state index < -0.39 is 0 Å². The standard InChI is InChI=1S/C51H29N3O2/c1-2-12-30(13-3-1)49-52-50(54-51(53-49)41-21-10-19-39-38-18-8-9-22-44(38)56-48(39)41)40-20-11-23-46-47(40)43-29-32(25-27-45(43)55-46)31-24-26-37-35-16-5-4-14-33(35)34-15-6-7-17-36(34)42(37)28-31/h1-29H/i22D,27D. The molecule has 0 saturated heterocycles. The number of fused-ring (bicyclic) bond motifs is 12. The number of hydrogen-bond donors (Lipinski definition) is 0. The van der Waals surface area contributed by atoms with Gasteiger partial charge in [0.25, 0.3) is 0 Å². The summed E-state index contributed by atoms with van der Waals surface area (Å²) in [5, 5.41) is 10.6. The molecule has 0 bridgehead atoms. The minimum atomic E-state index is 0.296. The zero-order valence-electron chi connectivity index (χ0n) is 31.7. The summed E-state index contributed by atoms with van der Waals surface area (Å²) < 4.78 is 30.6. The Morgan fingerprint density at radius 1 is 0.339 bits per heavy atom. The Morgan fingerprint density at radius 3 is 1.71 bits per heavy atom. The van der Waals surface area contributed by atoms with Gasteiger partial charge in [-0.25, -0.2) is 15.0 Å². The first-order chi connectivity index (χ1) is 28.6. The Bertz CT molecular complexity index is 3630. The summed E-state index contributed by atoms with van der Waals surface area (Å²) >= 11 is 0. The average molecular weight is 718 g/mol. The molecular weight excluding hydrogens is 687 g/mol. The SMILES string of the molecule is [2H]c1cccc2c1oc1c(-c3nc(-c4ccccc4)nc(-c4cccc5oc6c([2H])cc(-c7ccc8c9ccccc9c9ccccc9c8c7)cc6c45)n3)cccc12.